The molecule has 198 valence electrons. The number of benzene rings is 4. The Balaban J connectivity index is 1.21. The van der Waals surface area contributed by atoms with E-state index in [0.717, 1.165) is 55.9 Å². The number of nitrogens with zero attached hydrogens (tertiary/aromatic N) is 3. The summed E-state index contributed by atoms with van der Waals surface area (Å²) < 4.78 is 0. The molecule has 0 radical (unpaired) electrons. The van der Waals surface area contributed by atoms with Gasteiger partial charge in [0, 0.05) is 52.6 Å². The van der Waals surface area contributed by atoms with E-state index in [4.69, 9.17) is 4.98 Å². The van der Waals surface area contributed by atoms with Crippen LogP contribution in [0, 0.1) is 0 Å². The van der Waals surface area contributed by atoms with E-state index in [2.05, 4.69) is 113 Å². The van der Waals surface area contributed by atoms with Gasteiger partial charge in [-0.3, -0.25) is 15.0 Å². The Bertz CT molecular complexity index is 1960. The fraction of sp³-hybridized carbons (Fsp3) is 0. The monoisotopic (exact) mass is 537 g/mol. The summed E-state index contributed by atoms with van der Waals surface area (Å²) in [6.07, 6.45) is 7.64. The number of hydrogen-bond donors (Lipinski definition) is 0. The lowest BCUT2D eigenvalue weighted by Crippen LogP contribution is -1.90. The second-order valence-electron chi connectivity index (χ2n) is 10.2. The second-order valence-corrected chi connectivity index (χ2v) is 10.2. The van der Waals surface area contributed by atoms with Crippen LogP contribution in [0.4, 0.5) is 0 Å². The molecule has 42 heavy (non-hydrogen) atoms. The average Bonchev–Trinajstić information content (AvgIpc) is 3.09. The van der Waals surface area contributed by atoms with Gasteiger partial charge in [0.1, 0.15) is 0 Å². The van der Waals surface area contributed by atoms with Crippen LogP contribution in [0.1, 0.15) is 0 Å². The largest absolute Gasteiger partial charge is 0.263 e. The average molecular weight is 538 g/mol. The van der Waals surface area contributed by atoms with Crippen molar-refractivity contribution in [3.63, 3.8) is 0 Å². The molecule has 0 bridgehead atoms. The number of hydrogen-bond acceptors (Lipinski definition) is 3. The van der Waals surface area contributed by atoms with E-state index in [0.29, 0.717) is 0 Å². The molecule has 0 aliphatic rings. The smallest absolute Gasteiger partial charge is 0.0708 e. The molecule has 0 amide bonds. The van der Waals surface area contributed by atoms with Gasteiger partial charge < -0.3 is 0 Å². The van der Waals surface area contributed by atoms with Crippen molar-refractivity contribution < 1.29 is 0 Å². The van der Waals surface area contributed by atoms with E-state index < -0.39 is 0 Å². The molecule has 0 saturated carbocycles. The summed E-state index contributed by atoms with van der Waals surface area (Å²) in [4.78, 5) is 13.9. The van der Waals surface area contributed by atoms with Crippen LogP contribution in [0.25, 0.3) is 67.0 Å². The quantitative estimate of drug-likeness (QED) is 0.212. The molecule has 7 aromatic rings. The molecular weight excluding hydrogens is 510 g/mol. The van der Waals surface area contributed by atoms with Gasteiger partial charge in [-0.1, -0.05) is 109 Å². The maximum Gasteiger partial charge on any atom is 0.0708 e. The molecule has 0 aliphatic heterocycles. The molecular formula is C39H27N3. The standard InChI is InChI=1S/C39H27N3/c1-3-10-28(11-4-1)38-19-18-33(27-42-38)35-23-34(25-40-26-35)30-14-9-15-31(22-30)36-16-7-8-17-37(36)32-20-21-41-39(24-32)29-12-5-2-6-13-29/h1-27H. The van der Waals surface area contributed by atoms with Crippen molar-refractivity contribution in [2.45, 2.75) is 0 Å². The van der Waals surface area contributed by atoms with E-state index in [9.17, 15) is 0 Å². The summed E-state index contributed by atoms with van der Waals surface area (Å²) in [7, 11) is 0. The van der Waals surface area contributed by atoms with Crippen molar-refractivity contribution in [3.05, 3.63) is 164 Å². The van der Waals surface area contributed by atoms with E-state index >= 15 is 0 Å². The van der Waals surface area contributed by atoms with Gasteiger partial charge in [0.2, 0.25) is 0 Å². The lowest BCUT2D eigenvalue weighted by Gasteiger charge is -2.13. The summed E-state index contributed by atoms with van der Waals surface area (Å²) in [5.41, 5.74) is 13.0. The summed E-state index contributed by atoms with van der Waals surface area (Å²) >= 11 is 0. The lowest BCUT2D eigenvalue weighted by molar-refractivity contribution is 1.30. The number of rotatable bonds is 6. The van der Waals surface area contributed by atoms with Crippen molar-refractivity contribution in [2.75, 3.05) is 0 Å². The van der Waals surface area contributed by atoms with Crippen molar-refractivity contribution in [1.82, 2.24) is 15.0 Å². The van der Waals surface area contributed by atoms with Gasteiger partial charge in [-0.25, -0.2) is 0 Å². The van der Waals surface area contributed by atoms with E-state index in [-0.39, 0.29) is 0 Å². The van der Waals surface area contributed by atoms with Gasteiger partial charge in [0.25, 0.3) is 0 Å². The predicted molar refractivity (Wildman–Crippen MR) is 172 cm³/mol. The maximum absolute atomic E-state index is 4.71. The van der Waals surface area contributed by atoms with Crippen molar-refractivity contribution in [1.29, 1.82) is 0 Å². The van der Waals surface area contributed by atoms with Gasteiger partial charge in [0.05, 0.1) is 11.4 Å². The third-order valence-electron chi connectivity index (χ3n) is 7.48. The molecule has 0 spiro atoms. The van der Waals surface area contributed by atoms with Crippen LogP contribution in [-0.2, 0) is 0 Å². The number of aromatic nitrogens is 3. The molecule has 0 unspecified atom stereocenters. The highest BCUT2D eigenvalue weighted by atomic mass is 14.7. The first-order valence-electron chi connectivity index (χ1n) is 14.0. The molecule has 3 heteroatoms. The topological polar surface area (TPSA) is 38.7 Å². The first-order valence-corrected chi connectivity index (χ1v) is 14.0. The van der Waals surface area contributed by atoms with Crippen LogP contribution < -0.4 is 0 Å². The molecule has 0 fully saturated rings. The predicted octanol–water partition coefficient (Wildman–Crippen LogP) is 9.87. The van der Waals surface area contributed by atoms with Crippen LogP contribution >= 0.6 is 0 Å². The zero-order valence-electron chi connectivity index (χ0n) is 22.9. The molecule has 0 N–H and O–H groups in total. The minimum atomic E-state index is 0.958. The van der Waals surface area contributed by atoms with E-state index in [1.807, 2.05) is 61.2 Å². The fourth-order valence-corrected chi connectivity index (χ4v) is 5.32. The molecule has 0 saturated heterocycles. The highest BCUT2D eigenvalue weighted by Crippen LogP contribution is 2.35. The molecule has 3 aromatic heterocycles. The summed E-state index contributed by atoms with van der Waals surface area (Å²) in [6, 6.07) is 48.4. The van der Waals surface area contributed by atoms with Crippen molar-refractivity contribution >= 4 is 0 Å². The third-order valence-corrected chi connectivity index (χ3v) is 7.48. The Hall–Kier alpha value is -5.67. The Morgan fingerprint density at radius 3 is 1.57 bits per heavy atom. The molecule has 4 aromatic carbocycles. The molecule has 3 heterocycles. The van der Waals surface area contributed by atoms with Crippen LogP contribution in [-0.4, -0.2) is 15.0 Å². The molecule has 3 nitrogen and oxygen atoms in total. The highest BCUT2D eigenvalue weighted by molar-refractivity contribution is 5.86. The Morgan fingerprint density at radius 1 is 0.310 bits per heavy atom. The molecule has 0 aliphatic carbocycles. The van der Waals surface area contributed by atoms with Crippen molar-refractivity contribution in [3.8, 4) is 67.0 Å². The van der Waals surface area contributed by atoms with Crippen molar-refractivity contribution in [2.24, 2.45) is 0 Å². The zero-order valence-corrected chi connectivity index (χ0v) is 22.9. The third kappa shape index (κ3) is 5.24. The molecule has 7 rings (SSSR count). The Morgan fingerprint density at radius 2 is 0.881 bits per heavy atom. The van der Waals surface area contributed by atoms with Gasteiger partial charge in [-0.05, 0) is 58.1 Å². The van der Waals surface area contributed by atoms with E-state index in [1.54, 1.807) is 0 Å². The first kappa shape index (κ1) is 25.3. The van der Waals surface area contributed by atoms with Gasteiger partial charge in [-0.15, -0.1) is 0 Å². The zero-order chi connectivity index (χ0) is 28.1. The van der Waals surface area contributed by atoms with Gasteiger partial charge in [0.15, 0.2) is 0 Å². The van der Waals surface area contributed by atoms with Crippen LogP contribution in [0.15, 0.2) is 164 Å². The molecule has 0 atom stereocenters. The minimum absolute atomic E-state index is 0.958. The Labute approximate surface area is 245 Å². The highest BCUT2D eigenvalue weighted by Gasteiger charge is 2.11. The second kappa shape index (κ2) is 11.4. The van der Waals surface area contributed by atoms with E-state index in [1.165, 1.54) is 11.1 Å². The Kier molecular flexibility index (Phi) is 6.89. The summed E-state index contributed by atoms with van der Waals surface area (Å²) in [6.45, 7) is 0. The van der Waals surface area contributed by atoms with Crippen LogP contribution in [0.2, 0.25) is 0 Å². The number of pyridine rings is 3. The SMILES string of the molecule is c1ccc(-c2ccc(-c3cncc(-c4cccc(-c5ccccc5-c5ccnc(-c6ccccc6)c5)c4)c3)cn2)cc1. The lowest BCUT2D eigenvalue weighted by atomic mass is 9.92. The van der Waals surface area contributed by atoms with Crippen LogP contribution in [0.5, 0.6) is 0 Å². The van der Waals surface area contributed by atoms with Gasteiger partial charge >= 0.3 is 0 Å². The first-order chi connectivity index (χ1) is 20.8. The summed E-state index contributed by atoms with van der Waals surface area (Å²) in [5.74, 6) is 0. The summed E-state index contributed by atoms with van der Waals surface area (Å²) in [5, 5.41) is 0. The minimum Gasteiger partial charge on any atom is -0.263 e. The van der Waals surface area contributed by atoms with Gasteiger partial charge in [-0.2, -0.15) is 0 Å². The normalized spacial score (nSPS) is 10.9. The van der Waals surface area contributed by atoms with Crippen LogP contribution in [0.3, 0.4) is 0 Å². The maximum atomic E-state index is 4.71. The fourth-order valence-electron chi connectivity index (χ4n) is 5.32.